The smallest absolute Gasteiger partial charge is 0.264 e. The van der Waals surface area contributed by atoms with E-state index in [2.05, 4.69) is 10.3 Å². The van der Waals surface area contributed by atoms with Crippen molar-refractivity contribution in [2.45, 2.75) is 13.8 Å². The highest BCUT2D eigenvalue weighted by atomic mass is 35.5. The number of thiophene rings is 1. The number of rotatable bonds is 2. The molecule has 0 radical (unpaired) electrons. The largest absolute Gasteiger partial charge is 0.300 e. The molecule has 1 aromatic heterocycles. The Morgan fingerprint density at radius 3 is 2.73 bits per heavy atom. The molecule has 1 aromatic carbocycles. The Hall–Kier alpha value is -1.56. The van der Waals surface area contributed by atoms with E-state index < -0.39 is 0 Å². The number of carbonyl (C=O) groups excluding carboxylic acids is 1. The summed E-state index contributed by atoms with van der Waals surface area (Å²) >= 11 is 9.06. The molecule has 2 heterocycles. The molecule has 0 saturated carbocycles. The highest BCUT2D eigenvalue weighted by molar-refractivity contribution is 8.18. The Bertz CT molecular complexity index is 808. The van der Waals surface area contributed by atoms with Crippen LogP contribution in [0.1, 0.15) is 16.0 Å². The minimum Gasteiger partial charge on any atom is -0.300 e. The standard InChI is InChI=1S/C16H13ClN2OS2/c1-9-3-4-11(7-12(9)17)18-16-19-15(20)14(22-16)8-13-10(2)5-6-21-13/h3-8H,1-2H3,(H,18,19,20). The fraction of sp³-hybridized carbons (Fsp3) is 0.125. The third kappa shape index (κ3) is 3.27. The topological polar surface area (TPSA) is 41.5 Å². The number of thioether (sulfide) groups is 1. The number of amides is 1. The first-order chi connectivity index (χ1) is 10.5. The number of aryl methyl sites for hydroxylation is 2. The van der Waals surface area contributed by atoms with E-state index >= 15 is 0 Å². The number of nitrogens with one attached hydrogen (secondary N) is 1. The number of aliphatic imine (C=N–C) groups is 1. The average Bonchev–Trinajstić information content (AvgIpc) is 3.02. The van der Waals surface area contributed by atoms with Gasteiger partial charge in [-0.05, 0) is 66.4 Å². The van der Waals surface area contributed by atoms with E-state index in [0.717, 1.165) is 16.1 Å². The van der Waals surface area contributed by atoms with Crippen LogP contribution < -0.4 is 5.32 Å². The number of amidine groups is 1. The van der Waals surface area contributed by atoms with E-state index in [9.17, 15) is 4.79 Å². The monoisotopic (exact) mass is 348 g/mol. The van der Waals surface area contributed by atoms with Crippen molar-refractivity contribution in [2.75, 3.05) is 0 Å². The maximum atomic E-state index is 12.0. The lowest BCUT2D eigenvalue weighted by Crippen LogP contribution is -2.19. The molecular weight excluding hydrogens is 336 g/mol. The molecule has 0 aliphatic carbocycles. The Morgan fingerprint density at radius 1 is 1.23 bits per heavy atom. The van der Waals surface area contributed by atoms with E-state index in [-0.39, 0.29) is 5.91 Å². The normalized spacial score (nSPS) is 18.2. The summed E-state index contributed by atoms with van der Waals surface area (Å²) in [5.41, 5.74) is 2.90. The van der Waals surface area contributed by atoms with Crippen molar-refractivity contribution in [3.63, 3.8) is 0 Å². The molecule has 1 aliphatic heterocycles. The minimum atomic E-state index is -0.116. The number of carbonyl (C=O) groups is 1. The minimum absolute atomic E-state index is 0.116. The van der Waals surface area contributed by atoms with E-state index in [1.165, 1.54) is 17.3 Å². The second-order valence-electron chi connectivity index (χ2n) is 4.88. The molecule has 1 N–H and O–H groups in total. The van der Waals surface area contributed by atoms with Crippen LogP contribution in [0.3, 0.4) is 0 Å². The summed E-state index contributed by atoms with van der Waals surface area (Å²) in [4.78, 5) is 18.2. The molecule has 0 bridgehead atoms. The van der Waals surface area contributed by atoms with E-state index in [4.69, 9.17) is 11.6 Å². The molecule has 0 unspecified atom stereocenters. The Balaban J connectivity index is 1.85. The lowest BCUT2D eigenvalue weighted by atomic mass is 10.2. The zero-order valence-corrected chi connectivity index (χ0v) is 14.4. The van der Waals surface area contributed by atoms with Crippen molar-refractivity contribution >= 4 is 57.5 Å². The molecule has 6 heteroatoms. The van der Waals surface area contributed by atoms with Gasteiger partial charge in [0.1, 0.15) is 0 Å². The lowest BCUT2D eigenvalue weighted by molar-refractivity contribution is -0.115. The average molecular weight is 349 g/mol. The highest BCUT2D eigenvalue weighted by Gasteiger charge is 2.24. The Morgan fingerprint density at radius 2 is 2.05 bits per heavy atom. The molecule has 0 spiro atoms. The predicted molar refractivity (Wildman–Crippen MR) is 96.1 cm³/mol. The summed E-state index contributed by atoms with van der Waals surface area (Å²) in [7, 11) is 0. The summed E-state index contributed by atoms with van der Waals surface area (Å²) < 4.78 is 0. The van der Waals surface area contributed by atoms with Crippen LogP contribution in [0.4, 0.5) is 5.69 Å². The highest BCUT2D eigenvalue weighted by Crippen LogP contribution is 2.31. The van der Waals surface area contributed by atoms with Crippen LogP contribution in [0.5, 0.6) is 0 Å². The molecule has 1 saturated heterocycles. The van der Waals surface area contributed by atoms with Crippen molar-refractivity contribution in [3.05, 3.63) is 55.6 Å². The van der Waals surface area contributed by atoms with Crippen LogP contribution >= 0.6 is 34.7 Å². The third-order valence-electron chi connectivity index (χ3n) is 3.20. The fourth-order valence-electron chi connectivity index (χ4n) is 1.90. The van der Waals surface area contributed by atoms with Crippen LogP contribution in [0.25, 0.3) is 6.08 Å². The summed E-state index contributed by atoms with van der Waals surface area (Å²) in [6.45, 7) is 3.97. The first kappa shape index (κ1) is 15.3. The van der Waals surface area contributed by atoms with E-state index in [0.29, 0.717) is 15.1 Å². The van der Waals surface area contributed by atoms with Crippen LogP contribution in [0.2, 0.25) is 5.02 Å². The first-order valence-corrected chi connectivity index (χ1v) is 8.70. The van der Waals surface area contributed by atoms with Gasteiger partial charge in [0.25, 0.3) is 5.91 Å². The van der Waals surface area contributed by atoms with Crippen molar-refractivity contribution in [1.29, 1.82) is 0 Å². The van der Waals surface area contributed by atoms with Gasteiger partial charge in [0, 0.05) is 9.90 Å². The quantitative estimate of drug-likeness (QED) is 0.783. The number of benzene rings is 1. The van der Waals surface area contributed by atoms with Crippen LogP contribution in [0.15, 0.2) is 39.5 Å². The zero-order valence-electron chi connectivity index (χ0n) is 12.0. The van der Waals surface area contributed by atoms with Gasteiger partial charge in [-0.15, -0.1) is 11.3 Å². The zero-order chi connectivity index (χ0) is 15.7. The lowest BCUT2D eigenvalue weighted by Gasteiger charge is -2.00. The van der Waals surface area contributed by atoms with E-state index in [1.54, 1.807) is 17.4 Å². The van der Waals surface area contributed by atoms with Crippen LogP contribution in [0, 0.1) is 13.8 Å². The van der Waals surface area contributed by atoms with Crippen molar-refractivity contribution < 1.29 is 4.79 Å². The third-order valence-corrected chi connectivity index (χ3v) is 5.48. The van der Waals surface area contributed by atoms with Gasteiger partial charge in [-0.2, -0.15) is 0 Å². The van der Waals surface area contributed by atoms with Gasteiger partial charge in [0.15, 0.2) is 5.17 Å². The molecule has 0 atom stereocenters. The number of nitrogens with zero attached hydrogens (tertiary/aromatic N) is 1. The van der Waals surface area contributed by atoms with Gasteiger partial charge in [-0.1, -0.05) is 17.7 Å². The number of halogens is 1. The molecule has 3 nitrogen and oxygen atoms in total. The van der Waals surface area contributed by atoms with Crippen LogP contribution in [-0.4, -0.2) is 11.1 Å². The number of hydrogen-bond donors (Lipinski definition) is 1. The molecule has 3 rings (SSSR count). The van der Waals surface area contributed by atoms with Crippen molar-refractivity contribution in [2.24, 2.45) is 4.99 Å². The molecule has 112 valence electrons. The van der Waals surface area contributed by atoms with Crippen molar-refractivity contribution in [1.82, 2.24) is 5.32 Å². The molecule has 1 aliphatic rings. The van der Waals surface area contributed by atoms with Gasteiger partial charge in [-0.25, -0.2) is 4.99 Å². The summed E-state index contributed by atoms with van der Waals surface area (Å²) in [6, 6.07) is 7.63. The Labute approximate surface area is 142 Å². The summed E-state index contributed by atoms with van der Waals surface area (Å²) in [6.07, 6.45) is 1.91. The predicted octanol–water partition coefficient (Wildman–Crippen LogP) is 4.91. The van der Waals surface area contributed by atoms with Gasteiger partial charge in [-0.3, -0.25) is 4.79 Å². The maximum Gasteiger partial charge on any atom is 0.264 e. The van der Waals surface area contributed by atoms with E-state index in [1.807, 2.05) is 43.5 Å². The molecule has 2 aromatic rings. The Kier molecular flexibility index (Phi) is 4.38. The second-order valence-corrected chi connectivity index (χ2v) is 7.27. The number of hydrogen-bond acceptors (Lipinski definition) is 4. The SMILES string of the molecule is Cc1ccc(N=C2NC(=O)C(=Cc3sccc3C)S2)cc1Cl. The second kappa shape index (κ2) is 6.28. The van der Waals surface area contributed by atoms with Gasteiger partial charge >= 0.3 is 0 Å². The maximum absolute atomic E-state index is 12.0. The molecular formula is C16H13ClN2OS2. The first-order valence-electron chi connectivity index (χ1n) is 6.63. The summed E-state index contributed by atoms with van der Waals surface area (Å²) in [5.74, 6) is -0.116. The van der Waals surface area contributed by atoms with Crippen molar-refractivity contribution in [3.8, 4) is 0 Å². The van der Waals surface area contributed by atoms with Gasteiger partial charge < -0.3 is 5.32 Å². The van der Waals surface area contributed by atoms with Gasteiger partial charge in [0.05, 0.1) is 10.6 Å². The van der Waals surface area contributed by atoms with Gasteiger partial charge in [0.2, 0.25) is 0 Å². The van der Waals surface area contributed by atoms with Crippen LogP contribution in [-0.2, 0) is 4.79 Å². The molecule has 22 heavy (non-hydrogen) atoms. The fourth-order valence-corrected chi connectivity index (χ4v) is 3.83. The molecule has 1 fully saturated rings. The summed E-state index contributed by atoms with van der Waals surface area (Å²) in [5, 5.41) is 6.04. The molecule has 1 amide bonds.